The number of aliphatic hydroxyl groups excluding tert-OH is 6. The lowest BCUT2D eigenvalue weighted by Crippen LogP contribution is -2.58. The Morgan fingerprint density at radius 2 is 1.68 bits per heavy atom. The van der Waals surface area contributed by atoms with Gasteiger partial charge in [-0.3, -0.25) is 9.09 Å². The van der Waals surface area contributed by atoms with E-state index in [-0.39, 0.29) is 17.0 Å². The van der Waals surface area contributed by atoms with Crippen molar-refractivity contribution in [2.45, 2.75) is 55.2 Å². The highest BCUT2D eigenvalue weighted by atomic mass is 31.3. The molecule has 38 heavy (non-hydrogen) atoms. The van der Waals surface area contributed by atoms with Gasteiger partial charge in [0.25, 0.3) is 0 Å². The third-order valence-electron chi connectivity index (χ3n) is 5.72. The first-order valence-electron chi connectivity index (χ1n) is 10.8. The average Bonchev–Trinajstić information content (AvgIpc) is 3.39. The number of hydrogen-bond donors (Lipinski definition) is 8. The van der Waals surface area contributed by atoms with E-state index < -0.39 is 83.8 Å². The highest BCUT2D eigenvalue weighted by Gasteiger charge is 2.48. The Morgan fingerprint density at radius 1 is 1.00 bits per heavy atom. The van der Waals surface area contributed by atoms with Crippen LogP contribution in [0.5, 0.6) is 0 Å². The molecule has 2 fully saturated rings. The Labute approximate surface area is 214 Å². The Kier molecular flexibility index (Phi) is 8.59. The third kappa shape index (κ3) is 5.93. The minimum Gasteiger partial charge on any atom is -0.443 e. The van der Waals surface area contributed by atoms with E-state index >= 15 is 0 Å². The first kappa shape index (κ1) is 29.4. The van der Waals surface area contributed by atoms with Gasteiger partial charge in [0.2, 0.25) is 0 Å². The van der Waals surface area contributed by atoms with Gasteiger partial charge < -0.3 is 67.4 Å². The molecule has 4 unspecified atom stereocenters. The molecule has 4 heterocycles. The molecule has 2 aromatic rings. The van der Waals surface area contributed by atoms with E-state index in [0.29, 0.717) is 0 Å². The van der Waals surface area contributed by atoms with Crippen LogP contribution in [0.15, 0.2) is 12.7 Å². The topological polar surface area (TPSA) is 292 Å². The molecule has 0 spiro atoms. The van der Waals surface area contributed by atoms with Crippen molar-refractivity contribution in [3.63, 3.8) is 0 Å². The van der Waals surface area contributed by atoms with Gasteiger partial charge in [-0.25, -0.2) is 23.8 Å². The molecular formula is C16H24BN5O14P2-. The SMILES string of the molecule is [B-][P@](=O)(OC[C@H]1O[C@@H](n2cnc3c(N)ncnc32)C(O)[C@H]1O)OP(=O)(O)O[C@@H]1OC(CO)[C@H](O)[C@H](O)C1O. The number of nitrogen functional groups attached to an aromatic ring is 1. The maximum Gasteiger partial charge on any atom is 0.479 e. The Morgan fingerprint density at radius 3 is 2.37 bits per heavy atom. The van der Waals surface area contributed by atoms with Gasteiger partial charge in [-0.05, 0) is 0 Å². The van der Waals surface area contributed by atoms with E-state index in [1.54, 1.807) is 0 Å². The fraction of sp³-hybridized carbons (Fsp3) is 0.688. The maximum absolute atomic E-state index is 12.5. The summed E-state index contributed by atoms with van der Waals surface area (Å²) in [5.41, 5.74) is 6.11. The lowest BCUT2D eigenvalue weighted by Gasteiger charge is -2.40. The monoisotopic (exact) mass is 583 g/mol. The van der Waals surface area contributed by atoms with E-state index in [1.165, 1.54) is 10.9 Å². The first-order chi connectivity index (χ1) is 17.7. The van der Waals surface area contributed by atoms with Crippen LogP contribution in [0.4, 0.5) is 5.82 Å². The van der Waals surface area contributed by atoms with Crippen molar-refractivity contribution in [2.24, 2.45) is 0 Å². The van der Waals surface area contributed by atoms with E-state index in [4.69, 9.17) is 27.3 Å². The smallest absolute Gasteiger partial charge is 0.443 e. The summed E-state index contributed by atoms with van der Waals surface area (Å²) in [5, 5.41) is 59.4. The second-order valence-corrected chi connectivity index (χ2v) is 11.5. The molecule has 0 saturated carbocycles. The molecule has 0 aromatic carbocycles. The van der Waals surface area contributed by atoms with Crippen LogP contribution in [0.3, 0.4) is 0 Å². The van der Waals surface area contributed by atoms with Crippen molar-refractivity contribution in [2.75, 3.05) is 18.9 Å². The first-order valence-corrected chi connectivity index (χ1v) is 13.9. The van der Waals surface area contributed by atoms with Gasteiger partial charge in [-0.1, -0.05) is 0 Å². The van der Waals surface area contributed by atoms with Crippen molar-refractivity contribution in [1.82, 2.24) is 19.5 Å². The molecule has 22 heteroatoms. The molecule has 9 N–H and O–H groups in total. The minimum absolute atomic E-state index is 0.0576. The second-order valence-electron chi connectivity index (χ2n) is 8.32. The Hall–Kier alpha value is -1.61. The summed E-state index contributed by atoms with van der Waals surface area (Å²) in [6.07, 6.45) is -12.8. The predicted molar refractivity (Wildman–Crippen MR) is 121 cm³/mol. The minimum atomic E-state index is -5.44. The van der Waals surface area contributed by atoms with E-state index in [1.807, 2.05) is 0 Å². The fourth-order valence-electron chi connectivity index (χ4n) is 3.80. The lowest BCUT2D eigenvalue weighted by atomic mass is 10.00. The normalized spacial score (nSPS) is 37.2. The molecule has 0 amide bonds. The van der Waals surface area contributed by atoms with Gasteiger partial charge >= 0.3 is 7.82 Å². The molecule has 19 nitrogen and oxygen atoms in total. The standard InChI is InChI=1S/C16H24BN5O14P2/c17-37(29,36-38(30,31)35-16-12(28)10(26)8(24)5(1-23)34-16)32-2-6-9(25)11(27)15(33-6)22-4-21-7-13(18)19-3-20-14(7)22/h3-6,8-12,15-16,23-28H,1-2H2,(H,30,31)(H2,18,19,20)/q-1/t5?,6-,8+,9+,10+,11?,12?,15-,16+,37+/m1/s1. The van der Waals surface area contributed by atoms with E-state index in [9.17, 15) is 44.7 Å². The maximum atomic E-state index is 12.5. The quantitative estimate of drug-likeness (QED) is 0.104. The van der Waals surface area contributed by atoms with Crippen LogP contribution in [0.2, 0.25) is 0 Å². The summed E-state index contributed by atoms with van der Waals surface area (Å²) in [6, 6.07) is 0. The summed E-state index contributed by atoms with van der Waals surface area (Å²) >= 11 is 0. The van der Waals surface area contributed by atoms with Crippen molar-refractivity contribution in [3.8, 4) is 0 Å². The Balaban J connectivity index is 1.38. The van der Waals surface area contributed by atoms with Gasteiger partial charge in [0, 0.05) is 0 Å². The number of anilines is 1. The summed E-state index contributed by atoms with van der Waals surface area (Å²) in [6.45, 7) is -1.67. The number of phosphoric ester groups is 1. The predicted octanol–water partition coefficient (Wildman–Crippen LogP) is -3.75. The molecule has 0 aliphatic carbocycles. The van der Waals surface area contributed by atoms with Gasteiger partial charge in [-0.15, -0.1) is 0 Å². The number of aliphatic hydroxyl groups is 6. The van der Waals surface area contributed by atoms with Crippen LogP contribution in [-0.4, -0.2) is 125 Å². The van der Waals surface area contributed by atoms with Gasteiger partial charge in [-0.2, -0.15) is 0 Å². The van der Waals surface area contributed by atoms with Crippen LogP contribution in [0.1, 0.15) is 6.23 Å². The second kappa shape index (κ2) is 11.1. The summed E-state index contributed by atoms with van der Waals surface area (Å²) in [5.74, 6) is 0.0576. The van der Waals surface area contributed by atoms with Crippen molar-refractivity contribution < 1.29 is 67.5 Å². The molecule has 3 radical (unpaired) electrons. The zero-order valence-electron chi connectivity index (χ0n) is 19.1. The number of rotatable bonds is 9. The number of aromatic nitrogens is 4. The van der Waals surface area contributed by atoms with Crippen molar-refractivity contribution in [3.05, 3.63) is 12.7 Å². The molecule has 211 valence electrons. The van der Waals surface area contributed by atoms with Crippen LogP contribution in [0, 0.1) is 0 Å². The molecule has 2 aliphatic heterocycles. The molecule has 0 bridgehead atoms. The van der Waals surface area contributed by atoms with Crippen LogP contribution in [-0.2, 0) is 32.0 Å². The summed E-state index contributed by atoms with van der Waals surface area (Å²) in [7, 11) is -5.04. The lowest BCUT2D eigenvalue weighted by molar-refractivity contribution is -0.280. The highest BCUT2D eigenvalue weighted by Crippen LogP contribution is 2.61. The molecule has 2 aromatic heterocycles. The number of nitrogens with two attached hydrogens (primary N) is 1. The third-order valence-corrected chi connectivity index (χ3v) is 8.44. The van der Waals surface area contributed by atoms with E-state index in [2.05, 4.69) is 23.8 Å². The van der Waals surface area contributed by atoms with Crippen LogP contribution < -0.4 is 5.73 Å². The number of imidazole rings is 1. The van der Waals surface area contributed by atoms with Crippen molar-refractivity contribution >= 4 is 39.8 Å². The molecule has 2 aliphatic rings. The van der Waals surface area contributed by atoms with Gasteiger partial charge in [0.1, 0.15) is 54.6 Å². The number of phosphoric acid groups is 1. The summed E-state index contributed by atoms with van der Waals surface area (Å²) < 4.78 is 50.3. The Bertz CT molecular complexity index is 1240. The molecule has 4 rings (SSSR count). The van der Waals surface area contributed by atoms with Gasteiger partial charge in [0.15, 0.2) is 24.0 Å². The molecular weight excluding hydrogens is 559 g/mol. The number of hydrogen-bond acceptors (Lipinski definition) is 17. The highest BCUT2D eigenvalue weighted by molar-refractivity contribution is 7.83. The zero-order chi connectivity index (χ0) is 28.0. The number of nitrogens with zero attached hydrogens (tertiary/aromatic N) is 4. The average molecular weight is 583 g/mol. The summed E-state index contributed by atoms with van der Waals surface area (Å²) in [4.78, 5) is 21.8. The largest absolute Gasteiger partial charge is 0.479 e. The van der Waals surface area contributed by atoms with E-state index in [0.717, 1.165) is 6.33 Å². The number of ether oxygens (including phenoxy) is 2. The van der Waals surface area contributed by atoms with Gasteiger partial charge in [0.05, 0.1) is 27.0 Å². The molecule has 2 saturated heterocycles. The van der Waals surface area contributed by atoms with Crippen LogP contribution in [0.25, 0.3) is 11.2 Å². The molecule has 11 atom stereocenters. The van der Waals surface area contributed by atoms with Crippen molar-refractivity contribution in [1.29, 1.82) is 0 Å². The zero-order valence-corrected chi connectivity index (χ0v) is 20.9. The number of fused-ring (bicyclic) bond motifs is 1. The van der Waals surface area contributed by atoms with Crippen LogP contribution >= 0.6 is 15.3 Å². The fourth-order valence-corrected chi connectivity index (χ4v) is 6.09.